The van der Waals surface area contributed by atoms with Gasteiger partial charge in [0, 0.05) is 25.6 Å². The second-order valence-electron chi connectivity index (χ2n) is 17.4. The summed E-state index contributed by atoms with van der Waals surface area (Å²) in [6.45, 7) is 11.9. The lowest BCUT2D eigenvalue weighted by molar-refractivity contribution is -0.144. The lowest BCUT2D eigenvalue weighted by atomic mass is 9.92. The number of unbranched alkanes of at least 4 members (excludes halogenated alkanes) is 23. The third-order valence-corrected chi connectivity index (χ3v) is 11.7. The molecule has 1 unspecified atom stereocenters. The van der Waals surface area contributed by atoms with Gasteiger partial charge >= 0.3 is 12.1 Å². The first-order valence-electron chi connectivity index (χ1n) is 24.6. The van der Waals surface area contributed by atoms with Crippen molar-refractivity contribution >= 4 is 12.1 Å². The van der Waals surface area contributed by atoms with E-state index in [1.54, 1.807) is 0 Å². The van der Waals surface area contributed by atoms with Gasteiger partial charge in [0.2, 0.25) is 0 Å². The van der Waals surface area contributed by atoms with Crippen LogP contribution in [-0.2, 0) is 14.3 Å². The highest BCUT2D eigenvalue weighted by Gasteiger charge is 2.24. The van der Waals surface area contributed by atoms with E-state index in [0.29, 0.717) is 25.6 Å². The first-order valence-corrected chi connectivity index (χ1v) is 24.6. The maximum atomic E-state index is 13.6. The molecule has 0 aliphatic carbocycles. The fourth-order valence-corrected chi connectivity index (χ4v) is 8.00. The van der Waals surface area contributed by atoms with Gasteiger partial charge in [0.25, 0.3) is 0 Å². The van der Waals surface area contributed by atoms with Gasteiger partial charge in [-0.25, -0.2) is 4.79 Å². The van der Waals surface area contributed by atoms with E-state index in [9.17, 15) is 9.59 Å². The predicted molar refractivity (Wildman–Crippen MR) is 239 cm³/mol. The SMILES string of the molecule is CCCCCCCCCCC(CCCCCCC(=O)OCCC(CCCCCC)CCCCCC)N(CCCCCCCCCC)C(=O)OCCCN(C)C. The zero-order chi connectivity index (χ0) is 40.5. The number of esters is 1. The van der Waals surface area contributed by atoms with Crippen LogP contribution >= 0.6 is 0 Å². The molecule has 6 nitrogen and oxygen atoms in total. The highest BCUT2D eigenvalue weighted by Crippen LogP contribution is 2.23. The van der Waals surface area contributed by atoms with E-state index in [2.05, 4.69) is 51.6 Å². The van der Waals surface area contributed by atoms with Crippen LogP contribution in [0.2, 0.25) is 0 Å². The van der Waals surface area contributed by atoms with Gasteiger partial charge in [-0.15, -0.1) is 0 Å². The van der Waals surface area contributed by atoms with Gasteiger partial charge in [0.05, 0.1) is 13.2 Å². The third-order valence-electron chi connectivity index (χ3n) is 11.7. The minimum absolute atomic E-state index is 0.0168. The summed E-state index contributed by atoms with van der Waals surface area (Å²) in [4.78, 5) is 30.6. The topological polar surface area (TPSA) is 59.1 Å². The molecule has 0 aromatic carbocycles. The van der Waals surface area contributed by atoms with E-state index < -0.39 is 0 Å². The number of carbonyl (C=O) groups is 2. The van der Waals surface area contributed by atoms with Crippen LogP contribution in [0.3, 0.4) is 0 Å². The zero-order valence-corrected chi connectivity index (χ0v) is 38.3. The van der Waals surface area contributed by atoms with Gasteiger partial charge in [-0.05, 0) is 58.5 Å². The monoisotopic (exact) mass is 779 g/mol. The molecule has 1 amide bonds. The van der Waals surface area contributed by atoms with Crippen LogP contribution in [0.1, 0.15) is 252 Å². The summed E-state index contributed by atoms with van der Waals surface area (Å²) in [5.74, 6) is 0.683. The number of hydrogen-bond donors (Lipinski definition) is 0. The van der Waals surface area contributed by atoms with Crippen molar-refractivity contribution in [1.29, 1.82) is 0 Å². The van der Waals surface area contributed by atoms with Crippen molar-refractivity contribution in [3.63, 3.8) is 0 Å². The van der Waals surface area contributed by atoms with Crippen molar-refractivity contribution in [3.05, 3.63) is 0 Å². The van der Waals surface area contributed by atoms with Gasteiger partial charge in [-0.3, -0.25) is 4.79 Å². The Hall–Kier alpha value is -1.30. The number of rotatable bonds is 43. The van der Waals surface area contributed by atoms with E-state index in [1.165, 1.54) is 161 Å². The molecule has 6 heteroatoms. The summed E-state index contributed by atoms with van der Waals surface area (Å²) >= 11 is 0. The minimum Gasteiger partial charge on any atom is -0.466 e. The molecule has 0 aliphatic heterocycles. The van der Waals surface area contributed by atoms with E-state index in [1.807, 2.05) is 0 Å². The molecule has 0 bridgehead atoms. The first kappa shape index (κ1) is 53.7. The molecule has 0 radical (unpaired) electrons. The van der Waals surface area contributed by atoms with Gasteiger partial charge in [-0.2, -0.15) is 0 Å². The standard InChI is InChI=1S/C49H98N2O4/c1-7-11-15-19-21-23-25-31-38-47(51(49(53)55-44-35-42-50(5)6)43-34-28-24-22-20-16-12-8-2)39-32-26-27-33-40-48(52)54-45-41-46(36-29-17-13-9-3)37-30-18-14-10-4/h46-47H,7-45H2,1-6H3. The van der Waals surface area contributed by atoms with Crippen LogP contribution in [0.4, 0.5) is 4.79 Å². The van der Waals surface area contributed by atoms with Crippen LogP contribution in [0.25, 0.3) is 0 Å². The molecule has 328 valence electrons. The molecule has 0 rings (SSSR count). The number of ether oxygens (including phenoxy) is 2. The summed E-state index contributed by atoms with van der Waals surface area (Å²) in [7, 11) is 4.14. The van der Waals surface area contributed by atoms with Crippen LogP contribution in [-0.4, -0.2) is 68.3 Å². The molecular weight excluding hydrogens is 681 g/mol. The van der Waals surface area contributed by atoms with Gasteiger partial charge in [0.15, 0.2) is 0 Å². The molecule has 0 aliphatic rings. The summed E-state index contributed by atoms with van der Waals surface area (Å²) in [6, 6.07) is 0.243. The van der Waals surface area contributed by atoms with E-state index in [0.717, 1.165) is 70.9 Å². The van der Waals surface area contributed by atoms with Gasteiger partial charge in [0.1, 0.15) is 0 Å². The van der Waals surface area contributed by atoms with Crippen molar-refractivity contribution in [2.24, 2.45) is 5.92 Å². The molecule has 0 aromatic rings. The van der Waals surface area contributed by atoms with Crippen LogP contribution < -0.4 is 0 Å². The van der Waals surface area contributed by atoms with Crippen molar-refractivity contribution in [1.82, 2.24) is 9.80 Å². The zero-order valence-electron chi connectivity index (χ0n) is 38.3. The Labute approximate surface area is 344 Å². The quantitative estimate of drug-likeness (QED) is 0.0456. The predicted octanol–water partition coefficient (Wildman–Crippen LogP) is 15.2. The van der Waals surface area contributed by atoms with Crippen molar-refractivity contribution in [2.45, 2.75) is 258 Å². The van der Waals surface area contributed by atoms with Gasteiger partial charge < -0.3 is 19.3 Å². The van der Waals surface area contributed by atoms with Crippen LogP contribution in [0.5, 0.6) is 0 Å². The molecule has 0 saturated carbocycles. The van der Waals surface area contributed by atoms with Crippen molar-refractivity contribution in [2.75, 3.05) is 40.4 Å². The molecule has 55 heavy (non-hydrogen) atoms. The summed E-state index contributed by atoms with van der Waals surface area (Å²) in [6.07, 6.45) is 42.3. The number of carbonyl (C=O) groups excluding carboxylic acids is 2. The Morgan fingerprint density at radius 2 is 0.836 bits per heavy atom. The average Bonchev–Trinajstić information content (AvgIpc) is 3.17. The molecule has 0 fully saturated rings. The maximum Gasteiger partial charge on any atom is 0.410 e. The summed E-state index contributed by atoms with van der Waals surface area (Å²) < 4.78 is 11.7. The third kappa shape index (κ3) is 36.8. The van der Waals surface area contributed by atoms with Gasteiger partial charge in [-0.1, -0.05) is 207 Å². The smallest absolute Gasteiger partial charge is 0.410 e. The Bertz CT molecular complexity index is 794. The number of hydrogen-bond acceptors (Lipinski definition) is 5. The average molecular weight is 779 g/mol. The maximum absolute atomic E-state index is 13.6. The molecule has 0 aromatic heterocycles. The first-order chi connectivity index (χ1) is 26.9. The highest BCUT2D eigenvalue weighted by molar-refractivity contribution is 5.69. The molecule has 1 atom stereocenters. The van der Waals surface area contributed by atoms with E-state index >= 15 is 0 Å². The lowest BCUT2D eigenvalue weighted by Gasteiger charge is -2.32. The Balaban J connectivity index is 5.01. The summed E-state index contributed by atoms with van der Waals surface area (Å²) in [5.41, 5.74) is 0. The molecule has 0 saturated heterocycles. The normalized spacial score (nSPS) is 12.1. The highest BCUT2D eigenvalue weighted by atomic mass is 16.6. The molecular formula is C49H98N2O4. The van der Waals surface area contributed by atoms with Crippen LogP contribution in [0, 0.1) is 5.92 Å². The van der Waals surface area contributed by atoms with E-state index in [4.69, 9.17) is 9.47 Å². The Morgan fingerprint density at radius 1 is 0.418 bits per heavy atom. The van der Waals surface area contributed by atoms with Crippen molar-refractivity contribution < 1.29 is 19.1 Å². The number of amides is 1. The second kappa shape index (κ2) is 42.3. The lowest BCUT2D eigenvalue weighted by Crippen LogP contribution is -2.41. The molecule has 0 spiro atoms. The molecule has 0 N–H and O–H groups in total. The summed E-state index contributed by atoms with van der Waals surface area (Å²) in [5, 5.41) is 0. The fraction of sp³-hybridized carbons (Fsp3) is 0.959. The fourth-order valence-electron chi connectivity index (χ4n) is 8.00. The molecule has 0 heterocycles. The van der Waals surface area contributed by atoms with Crippen molar-refractivity contribution in [3.8, 4) is 0 Å². The number of nitrogens with zero attached hydrogens (tertiary/aromatic N) is 2. The minimum atomic E-state index is -0.0989. The largest absolute Gasteiger partial charge is 0.466 e. The Morgan fingerprint density at radius 3 is 1.33 bits per heavy atom. The second-order valence-corrected chi connectivity index (χ2v) is 17.4. The van der Waals surface area contributed by atoms with E-state index in [-0.39, 0.29) is 18.1 Å². The van der Waals surface area contributed by atoms with Crippen LogP contribution in [0.15, 0.2) is 0 Å². The Kier molecular flexibility index (Phi) is 41.3.